The van der Waals surface area contributed by atoms with Gasteiger partial charge in [0, 0.05) is 12.8 Å². The molecule has 0 spiro atoms. The van der Waals surface area contributed by atoms with Crippen LogP contribution in [0.2, 0.25) is 0 Å². The zero-order chi connectivity index (χ0) is 19.6. The zero-order valence-electron chi connectivity index (χ0n) is 16.3. The van der Waals surface area contributed by atoms with E-state index in [0.29, 0.717) is 17.6 Å². The van der Waals surface area contributed by atoms with E-state index in [9.17, 15) is 8.42 Å². The molecule has 1 saturated carbocycles. The summed E-state index contributed by atoms with van der Waals surface area (Å²) in [5, 5.41) is 5.40. The maximum atomic E-state index is 11.6. The average Bonchev–Trinajstić information content (AvgIpc) is 2.65. The molecule has 3 atom stereocenters. The Morgan fingerprint density at radius 2 is 1.93 bits per heavy atom. The van der Waals surface area contributed by atoms with Crippen LogP contribution < -0.4 is 9.73 Å². The fourth-order valence-electron chi connectivity index (χ4n) is 3.47. The fourth-order valence-corrected chi connectivity index (χ4v) is 4.80. The van der Waals surface area contributed by atoms with Crippen LogP contribution in [0.3, 0.4) is 0 Å². The molecule has 8 heteroatoms. The second kappa shape index (κ2) is 8.22. The summed E-state index contributed by atoms with van der Waals surface area (Å²) in [6, 6.07) is 7.80. The van der Waals surface area contributed by atoms with Gasteiger partial charge in [0.1, 0.15) is 0 Å². The molecule has 1 aromatic rings. The van der Waals surface area contributed by atoms with Crippen molar-refractivity contribution in [3.63, 3.8) is 0 Å². The van der Waals surface area contributed by atoms with Crippen molar-refractivity contribution < 1.29 is 8.42 Å². The SMILES string of the molecule is C[C@H]1[C@H](C)CCC[C@@H]1N=C1NN=C(c2ccc(N(C)S(C)(=O)=O)cc2)CS1. The second-order valence-electron chi connectivity index (χ2n) is 7.51. The molecule has 0 aromatic heterocycles. The number of benzene rings is 1. The van der Waals surface area contributed by atoms with Crippen molar-refractivity contribution in [2.75, 3.05) is 23.4 Å². The van der Waals surface area contributed by atoms with E-state index in [2.05, 4.69) is 24.4 Å². The maximum absolute atomic E-state index is 11.6. The lowest BCUT2D eigenvalue weighted by Crippen LogP contribution is -2.32. The van der Waals surface area contributed by atoms with Gasteiger partial charge in [-0.1, -0.05) is 50.6 Å². The summed E-state index contributed by atoms with van der Waals surface area (Å²) in [5.74, 6) is 2.09. The van der Waals surface area contributed by atoms with Gasteiger partial charge >= 0.3 is 0 Å². The van der Waals surface area contributed by atoms with E-state index in [-0.39, 0.29) is 0 Å². The van der Waals surface area contributed by atoms with Gasteiger partial charge in [-0.25, -0.2) is 8.42 Å². The molecule has 1 heterocycles. The lowest BCUT2D eigenvalue weighted by molar-refractivity contribution is 0.241. The summed E-state index contributed by atoms with van der Waals surface area (Å²) in [4.78, 5) is 4.91. The molecular formula is C19H28N4O2S2. The lowest BCUT2D eigenvalue weighted by atomic mass is 9.78. The molecule has 1 aromatic carbocycles. The van der Waals surface area contributed by atoms with E-state index < -0.39 is 10.0 Å². The Balaban J connectivity index is 1.67. The smallest absolute Gasteiger partial charge is 0.231 e. The van der Waals surface area contributed by atoms with Crippen molar-refractivity contribution in [2.24, 2.45) is 21.9 Å². The van der Waals surface area contributed by atoms with Gasteiger partial charge in [-0.2, -0.15) is 5.10 Å². The first-order valence-corrected chi connectivity index (χ1v) is 12.2. The van der Waals surface area contributed by atoms with E-state index in [4.69, 9.17) is 4.99 Å². The van der Waals surface area contributed by atoms with Gasteiger partial charge < -0.3 is 0 Å². The highest BCUT2D eigenvalue weighted by Gasteiger charge is 2.27. The first-order chi connectivity index (χ1) is 12.8. The molecule has 0 bridgehead atoms. The molecule has 148 valence electrons. The van der Waals surface area contributed by atoms with Crippen molar-refractivity contribution >= 4 is 38.4 Å². The van der Waals surface area contributed by atoms with Crippen LogP contribution in [0.5, 0.6) is 0 Å². The molecule has 1 N–H and O–H groups in total. The third kappa shape index (κ3) is 4.85. The molecule has 0 unspecified atom stereocenters. The normalized spacial score (nSPS) is 27.8. The Kier molecular flexibility index (Phi) is 6.15. The Hall–Kier alpha value is -1.54. The minimum atomic E-state index is -3.25. The standard InChI is InChI=1S/C19H28N4O2S2/c1-13-6-5-7-17(14(13)2)20-19-22-21-18(12-26-19)15-8-10-16(11-9-15)23(3)27(4,24)25/h8-11,13-14,17H,5-7,12H2,1-4H3,(H,20,22)/t13-,14+,17+/m1/s1. The predicted molar refractivity (Wildman–Crippen MR) is 115 cm³/mol. The van der Waals surface area contributed by atoms with E-state index in [1.54, 1.807) is 30.9 Å². The highest BCUT2D eigenvalue weighted by molar-refractivity contribution is 8.14. The van der Waals surface area contributed by atoms with Crippen molar-refractivity contribution in [3.05, 3.63) is 29.8 Å². The van der Waals surface area contributed by atoms with Crippen LogP contribution in [0, 0.1) is 11.8 Å². The molecule has 27 heavy (non-hydrogen) atoms. The van der Waals surface area contributed by atoms with Gasteiger partial charge in [0.15, 0.2) is 5.17 Å². The van der Waals surface area contributed by atoms with Crippen LogP contribution in [0.15, 0.2) is 34.4 Å². The Morgan fingerprint density at radius 3 is 2.52 bits per heavy atom. The summed E-state index contributed by atoms with van der Waals surface area (Å²) in [7, 11) is -1.70. The predicted octanol–water partition coefficient (Wildman–Crippen LogP) is 3.30. The number of sulfonamides is 1. The lowest BCUT2D eigenvalue weighted by Gasteiger charge is -2.32. The van der Waals surface area contributed by atoms with E-state index in [1.165, 1.54) is 23.4 Å². The molecule has 2 aliphatic rings. The van der Waals surface area contributed by atoms with Gasteiger partial charge in [-0.3, -0.25) is 14.7 Å². The largest absolute Gasteiger partial charge is 0.274 e. The molecule has 0 amide bonds. The van der Waals surface area contributed by atoms with Gasteiger partial charge in [0.05, 0.1) is 23.7 Å². The van der Waals surface area contributed by atoms with Crippen LogP contribution in [-0.4, -0.2) is 44.4 Å². The number of nitrogens with one attached hydrogen (secondary N) is 1. The average molecular weight is 409 g/mol. The number of hydrogen-bond acceptors (Lipinski definition) is 5. The van der Waals surface area contributed by atoms with Crippen LogP contribution in [0.25, 0.3) is 0 Å². The minimum Gasteiger partial charge on any atom is -0.274 e. The number of hydrazone groups is 1. The number of aliphatic imine (C=N–C) groups is 1. The quantitative estimate of drug-likeness (QED) is 0.829. The third-order valence-electron chi connectivity index (χ3n) is 5.64. The summed E-state index contributed by atoms with van der Waals surface area (Å²) in [6.45, 7) is 4.62. The molecular weight excluding hydrogens is 380 g/mol. The van der Waals surface area contributed by atoms with Crippen LogP contribution in [0.4, 0.5) is 5.69 Å². The number of amidine groups is 1. The first-order valence-electron chi connectivity index (χ1n) is 9.33. The van der Waals surface area contributed by atoms with Crippen molar-refractivity contribution in [3.8, 4) is 0 Å². The second-order valence-corrected chi connectivity index (χ2v) is 10.5. The molecule has 6 nitrogen and oxygen atoms in total. The van der Waals surface area contributed by atoms with Gasteiger partial charge in [0.25, 0.3) is 0 Å². The highest BCUT2D eigenvalue weighted by Crippen LogP contribution is 2.32. The molecule has 0 saturated heterocycles. The van der Waals surface area contributed by atoms with Gasteiger partial charge in [-0.15, -0.1) is 0 Å². The summed E-state index contributed by atoms with van der Waals surface area (Å²) in [5.41, 5.74) is 5.67. The van der Waals surface area contributed by atoms with Crippen LogP contribution in [-0.2, 0) is 10.0 Å². The third-order valence-corrected chi connectivity index (χ3v) is 7.73. The Morgan fingerprint density at radius 1 is 1.22 bits per heavy atom. The van der Waals surface area contributed by atoms with Crippen molar-refractivity contribution in [1.29, 1.82) is 0 Å². The van der Waals surface area contributed by atoms with E-state index >= 15 is 0 Å². The highest BCUT2D eigenvalue weighted by atomic mass is 32.2. The summed E-state index contributed by atoms with van der Waals surface area (Å²) < 4.78 is 24.5. The number of thioether (sulfide) groups is 1. The molecule has 3 rings (SSSR count). The van der Waals surface area contributed by atoms with Gasteiger partial charge in [0.2, 0.25) is 10.0 Å². The molecule has 1 fully saturated rings. The summed E-state index contributed by atoms with van der Waals surface area (Å²) >= 11 is 1.68. The van der Waals surface area contributed by atoms with Crippen LogP contribution >= 0.6 is 11.8 Å². The number of nitrogens with zero attached hydrogens (tertiary/aromatic N) is 3. The van der Waals surface area contributed by atoms with Gasteiger partial charge in [-0.05, 0) is 36.0 Å². The topological polar surface area (TPSA) is 74.1 Å². The van der Waals surface area contributed by atoms with Crippen molar-refractivity contribution in [2.45, 2.75) is 39.2 Å². The monoisotopic (exact) mass is 408 g/mol. The first kappa shape index (κ1) is 20.2. The summed E-state index contributed by atoms with van der Waals surface area (Å²) in [6.07, 6.45) is 4.90. The van der Waals surface area contributed by atoms with Crippen LogP contribution in [0.1, 0.15) is 38.7 Å². The molecule has 1 aliphatic heterocycles. The molecule has 0 radical (unpaired) electrons. The Labute approximate surface area is 166 Å². The fraction of sp³-hybridized carbons (Fsp3) is 0.579. The van der Waals surface area contributed by atoms with E-state index in [1.807, 2.05) is 12.1 Å². The zero-order valence-corrected chi connectivity index (χ0v) is 18.0. The minimum absolute atomic E-state index is 0.381. The number of rotatable bonds is 4. The maximum Gasteiger partial charge on any atom is 0.231 e. The number of anilines is 1. The number of hydrogen-bond donors (Lipinski definition) is 1. The molecule has 1 aliphatic carbocycles. The van der Waals surface area contributed by atoms with Crippen molar-refractivity contribution in [1.82, 2.24) is 5.43 Å². The van der Waals surface area contributed by atoms with E-state index in [0.717, 1.165) is 34.5 Å². The Bertz CT molecular complexity index is 834.